The molecule has 0 spiro atoms. The lowest BCUT2D eigenvalue weighted by Crippen LogP contribution is -2.43. The molecular formula is C23H38IN5O2. The molecule has 3 rings (SSSR count). The summed E-state index contributed by atoms with van der Waals surface area (Å²) >= 11 is 0. The van der Waals surface area contributed by atoms with Gasteiger partial charge in [-0.2, -0.15) is 0 Å². The van der Waals surface area contributed by atoms with Crippen molar-refractivity contribution in [3.05, 3.63) is 35.9 Å². The van der Waals surface area contributed by atoms with E-state index in [1.54, 1.807) is 19.0 Å². The minimum atomic E-state index is 0. The van der Waals surface area contributed by atoms with Crippen molar-refractivity contribution >= 4 is 35.8 Å². The Morgan fingerprint density at radius 3 is 2.65 bits per heavy atom. The number of benzene rings is 1. The summed E-state index contributed by atoms with van der Waals surface area (Å²) < 4.78 is 5.42. The highest BCUT2D eigenvalue weighted by molar-refractivity contribution is 14.0. The molecule has 1 amide bonds. The van der Waals surface area contributed by atoms with Gasteiger partial charge in [0.1, 0.15) is 6.54 Å². The third-order valence-electron chi connectivity index (χ3n) is 5.85. The standard InChI is InChI=1S/C23H37N5O2.HI/c1-26(2)22(29)18-25-23(24-10-6-11-27-13-15-30-16-14-27)28-12-9-21(19-28)17-20-7-4-3-5-8-20;/h3-5,7-8,21H,6,9-19H2,1-2H3,(H,24,25);1H. The maximum atomic E-state index is 12.1. The van der Waals surface area contributed by atoms with Crippen LogP contribution in [0.4, 0.5) is 0 Å². The fourth-order valence-corrected chi connectivity index (χ4v) is 4.02. The quantitative estimate of drug-likeness (QED) is 0.235. The maximum Gasteiger partial charge on any atom is 0.243 e. The van der Waals surface area contributed by atoms with Crippen molar-refractivity contribution in [3.63, 3.8) is 0 Å². The normalized spacial score (nSPS) is 19.7. The van der Waals surface area contributed by atoms with E-state index >= 15 is 0 Å². The Morgan fingerprint density at radius 1 is 1.19 bits per heavy atom. The van der Waals surface area contributed by atoms with E-state index in [2.05, 4.69) is 50.4 Å². The molecule has 7 nitrogen and oxygen atoms in total. The molecule has 2 saturated heterocycles. The van der Waals surface area contributed by atoms with Gasteiger partial charge in [-0.05, 0) is 37.3 Å². The molecule has 0 saturated carbocycles. The number of carbonyl (C=O) groups excluding carboxylic acids is 1. The van der Waals surface area contributed by atoms with Gasteiger partial charge in [-0.25, -0.2) is 4.99 Å². The number of nitrogens with one attached hydrogen (secondary N) is 1. The zero-order chi connectivity index (χ0) is 21.2. The number of ether oxygens (including phenoxy) is 1. The molecular weight excluding hydrogens is 505 g/mol. The number of carbonyl (C=O) groups is 1. The van der Waals surface area contributed by atoms with E-state index in [-0.39, 0.29) is 36.4 Å². The fourth-order valence-electron chi connectivity index (χ4n) is 4.02. The first kappa shape index (κ1) is 25.9. The number of guanidine groups is 1. The summed E-state index contributed by atoms with van der Waals surface area (Å²) in [5, 5.41) is 3.53. The van der Waals surface area contributed by atoms with Crippen molar-refractivity contribution in [1.29, 1.82) is 0 Å². The number of likely N-dealkylation sites (tertiary alicyclic amines) is 1. The van der Waals surface area contributed by atoms with Gasteiger partial charge < -0.3 is 19.9 Å². The van der Waals surface area contributed by atoms with Gasteiger partial charge in [0.25, 0.3) is 0 Å². The lowest BCUT2D eigenvalue weighted by Gasteiger charge is -2.27. The van der Waals surface area contributed by atoms with Crippen LogP contribution < -0.4 is 5.32 Å². The number of aliphatic imine (C=N–C) groups is 1. The first-order chi connectivity index (χ1) is 14.6. The van der Waals surface area contributed by atoms with Gasteiger partial charge in [-0.3, -0.25) is 9.69 Å². The molecule has 2 fully saturated rings. The van der Waals surface area contributed by atoms with E-state index in [0.717, 1.165) is 77.7 Å². The van der Waals surface area contributed by atoms with Crippen LogP contribution in [0, 0.1) is 5.92 Å². The average Bonchev–Trinajstić information content (AvgIpc) is 3.22. The zero-order valence-electron chi connectivity index (χ0n) is 19.0. The lowest BCUT2D eigenvalue weighted by molar-refractivity contribution is -0.127. The first-order valence-electron chi connectivity index (χ1n) is 11.2. The van der Waals surface area contributed by atoms with Gasteiger partial charge in [0.2, 0.25) is 5.91 Å². The number of likely N-dealkylation sites (N-methyl/N-ethyl adjacent to an activating group) is 1. The Morgan fingerprint density at radius 2 is 1.94 bits per heavy atom. The van der Waals surface area contributed by atoms with Crippen molar-refractivity contribution in [2.24, 2.45) is 10.9 Å². The molecule has 0 bridgehead atoms. The summed E-state index contributed by atoms with van der Waals surface area (Å²) in [6, 6.07) is 10.7. The van der Waals surface area contributed by atoms with Gasteiger partial charge in [0.05, 0.1) is 13.2 Å². The highest BCUT2D eigenvalue weighted by Crippen LogP contribution is 2.21. The summed E-state index contributed by atoms with van der Waals surface area (Å²) in [6.07, 6.45) is 3.31. The van der Waals surface area contributed by atoms with Crippen LogP contribution in [-0.4, -0.2) is 99.7 Å². The first-order valence-corrected chi connectivity index (χ1v) is 11.2. The summed E-state index contributed by atoms with van der Waals surface area (Å²) in [7, 11) is 3.55. The van der Waals surface area contributed by atoms with Crippen molar-refractivity contribution in [2.75, 3.05) is 73.1 Å². The minimum Gasteiger partial charge on any atom is -0.379 e. The van der Waals surface area contributed by atoms with E-state index in [9.17, 15) is 4.79 Å². The summed E-state index contributed by atoms with van der Waals surface area (Å²) in [5.74, 6) is 1.53. The molecule has 31 heavy (non-hydrogen) atoms. The van der Waals surface area contributed by atoms with Crippen LogP contribution >= 0.6 is 24.0 Å². The largest absolute Gasteiger partial charge is 0.379 e. The van der Waals surface area contributed by atoms with Crippen molar-refractivity contribution in [1.82, 2.24) is 20.0 Å². The molecule has 2 aliphatic heterocycles. The van der Waals surface area contributed by atoms with Crippen LogP contribution in [0.2, 0.25) is 0 Å². The SMILES string of the molecule is CN(C)C(=O)CN=C(NCCCN1CCOCC1)N1CCC(Cc2ccccc2)C1.I. The van der Waals surface area contributed by atoms with Crippen molar-refractivity contribution in [3.8, 4) is 0 Å². The Bertz CT molecular complexity index is 680. The van der Waals surface area contributed by atoms with Gasteiger partial charge >= 0.3 is 0 Å². The molecule has 174 valence electrons. The highest BCUT2D eigenvalue weighted by atomic mass is 127. The molecule has 8 heteroatoms. The van der Waals surface area contributed by atoms with Gasteiger partial charge in [0.15, 0.2) is 5.96 Å². The van der Waals surface area contributed by atoms with E-state index in [0.29, 0.717) is 5.92 Å². The van der Waals surface area contributed by atoms with E-state index < -0.39 is 0 Å². The molecule has 0 radical (unpaired) electrons. The topological polar surface area (TPSA) is 60.4 Å². The average molecular weight is 543 g/mol. The van der Waals surface area contributed by atoms with Crippen LogP contribution in [0.5, 0.6) is 0 Å². The molecule has 1 aromatic rings. The Balaban J connectivity index is 0.00000341. The second-order valence-electron chi connectivity index (χ2n) is 8.45. The van der Waals surface area contributed by atoms with Gasteiger partial charge in [-0.1, -0.05) is 30.3 Å². The van der Waals surface area contributed by atoms with Crippen LogP contribution in [0.3, 0.4) is 0 Å². The molecule has 1 aromatic carbocycles. The number of hydrogen-bond donors (Lipinski definition) is 1. The molecule has 0 aliphatic carbocycles. The van der Waals surface area contributed by atoms with Crippen LogP contribution in [-0.2, 0) is 16.0 Å². The predicted molar refractivity (Wildman–Crippen MR) is 136 cm³/mol. The summed E-state index contributed by atoms with van der Waals surface area (Å²) in [6.45, 7) is 7.81. The maximum absolute atomic E-state index is 12.1. The van der Waals surface area contributed by atoms with Gasteiger partial charge in [-0.15, -0.1) is 24.0 Å². The minimum absolute atomic E-state index is 0. The summed E-state index contributed by atoms with van der Waals surface area (Å²) in [5.41, 5.74) is 1.39. The second-order valence-corrected chi connectivity index (χ2v) is 8.45. The third kappa shape index (κ3) is 8.94. The number of morpholine rings is 1. The number of halogens is 1. The van der Waals surface area contributed by atoms with Crippen LogP contribution in [0.15, 0.2) is 35.3 Å². The Kier molecular flexibility index (Phi) is 11.6. The van der Waals surface area contributed by atoms with E-state index in [4.69, 9.17) is 4.74 Å². The monoisotopic (exact) mass is 543 g/mol. The van der Waals surface area contributed by atoms with Crippen LogP contribution in [0.1, 0.15) is 18.4 Å². The molecule has 1 unspecified atom stereocenters. The number of rotatable bonds is 8. The Hall–Kier alpha value is -1.39. The molecule has 2 heterocycles. The van der Waals surface area contributed by atoms with Crippen molar-refractivity contribution in [2.45, 2.75) is 19.3 Å². The second kappa shape index (κ2) is 13.9. The highest BCUT2D eigenvalue weighted by Gasteiger charge is 2.25. The third-order valence-corrected chi connectivity index (χ3v) is 5.85. The number of nitrogens with zero attached hydrogens (tertiary/aromatic N) is 4. The molecule has 1 atom stereocenters. The zero-order valence-corrected chi connectivity index (χ0v) is 21.3. The smallest absolute Gasteiger partial charge is 0.243 e. The molecule has 2 aliphatic rings. The lowest BCUT2D eigenvalue weighted by atomic mass is 9.99. The van der Waals surface area contributed by atoms with E-state index in [1.807, 2.05) is 0 Å². The van der Waals surface area contributed by atoms with E-state index in [1.165, 1.54) is 5.56 Å². The number of amides is 1. The number of hydrogen-bond acceptors (Lipinski definition) is 4. The fraction of sp³-hybridized carbons (Fsp3) is 0.652. The summed E-state index contributed by atoms with van der Waals surface area (Å²) in [4.78, 5) is 23.1. The van der Waals surface area contributed by atoms with Crippen LogP contribution in [0.25, 0.3) is 0 Å². The van der Waals surface area contributed by atoms with Crippen molar-refractivity contribution < 1.29 is 9.53 Å². The molecule has 0 aromatic heterocycles. The predicted octanol–water partition coefficient (Wildman–Crippen LogP) is 1.93. The Labute approximate surface area is 204 Å². The molecule has 1 N–H and O–H groups in total. The van der Waals surface area contributed by atoms with Gasteiger partial charge in [0, 0.05) is 46.8 Å².